The SMILES string of the molecule is CCCOc1ccc([C@H]2C3=C(C[C@@H](C)CC3=O)Nc3ncnn32)cc1. The highest BCUT2D eigenvalue weighted by Crippen LogP contribution is 2.41. The number of benzene rings is 1. The van der Waals surface area contributed by atoms with Crippen LogP contribution in [0.2, 0.25) is 0 Å². The van der Waals surface area contributed by atoms with Gasteiger partial charge in [-0.15, -0.1) is 0 Å². The Hall–Kier alpha value is -2.63. The van der Waals surface area contributed by atoms with Gasteiger partial charge in [0, 0.05) is 17.7 Å². The van der Waals surface area contributed by atoms with Crippen LogP contribution in [0.3, 0.4) is 0 Å². The van der Waals surface area contributed by atoms with E-state index in [-0.39, 0.29) is 11.8 Å². The first-order valence-electron chi connectivity index (χ1n) is 8.83. The van der Waals surface area contributed by atoms with Crippen molar-refractivity contribution in [3.63, 3.8) is 0 Å². The topological polar surface area (TPSA) is 69.0 Å². The molecular weight excluding hydrogens is 316 g/mol. The largest absolute Gasteiger partial charge is 0.494 e. The third-order valence-electron chi connectivity index (χ3n) is 4.73. The standard InChI is InChI=1S/C19H22N4O2/c1-3-8-25-14-6-4-13(5-7-14)18-17-15(9-12(2)10-16(17)24)22-19-20-11-21-23(18)19/h4-7,11-12,18H,3,8-10H2,1-2H3,(H,20,21,22)/t12-,18+/m1/s1. The molecule has 0 unspecified atom stereocenters. The summed E-state index contributed by atoms with van der Waals surface area (Å²) in [6.45, 7) is 4.89. The lowest BCUT2D eigenvalue weighted by Gasteiger charge is -2.34. The van der Waals surface area contributed by atoms with Crippen molar-refractivity contribution >= 4 is 11.7 Å². The smallest absolute Gasteiger partial charge is 0.226 e. The number of nitrogens with zero attached hydrogens (tertiary/aromatic N) is 3. The van der Waals surface area contributed by atoms with E-state index in [1.54, 1.807) is 4.68 Å². The molecule has 6 heteroatoms. The molecule has 25 heavy (non-hydrogen) atoms. The molecular formula is C19H22N4O2. The summed E-state index contributed by atoms with van der Waals surface area (Å²) < 4.78 is 7.47. The van der Waals surface area contributed by atoms with Gasteiger partial charge in [-0.25, -0.2) is 4.68 Å². The number of anilines is 1. The summed E-state index contributed by atoms with van der Waals surface area (Å²) in [7, 11) is 0. The first-order chi connectivity index (χ1) is 12.2. The maximum Gasteiger partial charge on any atom is 0.226 e. The quantitative estimate of drug-likeness (QED) is 0.926. The molecule has 1 N–H and O–H groups in total. The number of fused-ring (bicyclic) bond motifs is 1. The summed E-state index contributed by atoms with van der Waals surface area (Å²) in [6, 6.07) is 7.72. The molecule has 4 rings (SSSR count). The van der Waals surface area contributed by atoms with Crippen LogP contribution in [0.5, 0.6) is 5.75 Å². The van der Waals surface area contributed by atoms with Gasteiger partial charge in [0.1, 0.15) is 18.1 Å². The van der Waals surface area contributed by atoms with Crippen LogP contribution in [0.25, 0.3) is 0 Å². The van der Waals surface area contributed by atoms with Gasteiger partial charge in [-0.3, -0.25) is 4.79 Å². The molecule has 2 aromatic rings. The lowest BCUT2D eigenvalue weighted by molar-refractivity contribution is -0.117. The molecule has 2 aliphatic rings. The molecule has 2 heterocycles. The number of aromatic nitrogens is 3. The molecule has 0 saturated carbocycles. The van der Waals surface area contributed by atoms with Crippen LogP contribution < -0.4 is 10.1 Å². The Morgan fingerprint density at radius 1 is 1.28 bits per heavy atom. The van der Waals surface area contributed by atoms with Crippen molar-refractivity contribution in [2.24, 2.45) is 5.92 Å². The van der Waals surface area contributed by atoms with Crippen LogP contribution in [-0.2, 0) is 4.79 Å². The van der Waals surface area contributed by atoms with E-state index in [9.17, 15) is 4.79 Å². The van der Waals surface area contributed by atoms with Crippen molar-refractivity contribution in [1.82, 2.24) is 14.8 Å². The Morgan fingerprint density at radius 3 is 2.84 bits per heavy atom. The minimum Gasteiger partial charge on any atom is -0.494 e. The van der Waals surface area contributed by atoms with Crippen molar-refractivity contribution in [2.75, 3.05) is 11.9 Å². The minimum absolute atomic E-state index is 0.193. The first-order valence-corrected chi connectivity index (χ1v) is 8.83. The molecule has 1 aliphatic heterocycles. The van der Waals surface area contributed by atoms with Gasteiger partial charge in [0.05, 0.1) is 6.61 Å². The van der Waals surface area contributed by atoms with Crippen LogP contribution in [-0.4, -0.2) is 27.2 Å². The molecule has 0 fully saturated rings. The predicted molar refractivity (Wildman–Crippen MR) is 94.4 cm³/mol. The fourth-order valence-electron chi connectivity index (χ4n) is 3.62. The van der Waals surface area contributed by atoms with Gasteiger partial charge < -0.3 is 10.1 Å². The van der Waals surface area contributed by atoms with Gasteiger partial charge in [0.15, 0.2) is 5.78 Å². The zero-order valence-corrected chi connectivity index (χ0v) is 14.5. The second-order valence-electron chi connectivity index (χ2n) is 6.80. The van der Waals surface area contributed by atoms with Gasteiger partial charge in [-0.1, -0.05) is 26.0 Å². The summed E-state index contributed by atoms with van der Waals surface area (Å²) in [6.07, 6.45) is 3.95. The van der Waals surface area contributed by atoms with Crippen LogP contribution in [0.1, 0.15) is 44.7 Å². The van der Waals surface area contributed by atoms with E-state index in [0.717, 1.165) is 35.4 Å². The van der Waals surface area contributed by atoms with Crippen LogP contribution in [0, 0.1) is 5.92 Å². The Morgan fingerprint density at radius 2 is 2.08 bits per heavy atom. The van der Waals surface area contributed by atoms with Crippen molar-refractivity contribution in [1.29, 1.82) is 0 Å². The number of ether oxygens (including phenoxy) is 1. The third-order valence-corrected chi connectivity index (χ3v) is 4.73. The molecule has 130 valence electrons. The predicted octanol–water partition coefficient (Wildman–Crippen LogP) is 3.33. The Labute approximate surface area is 146 Å². The van der Waals surface area contributed by atoms with E-state index in [1.807, 2.05) is 24.3 Å². The summed E-state index contributed by atoms with van der Waals surface area (Å²) in [5.41, 5.74) is 2.83. The summed E-state index contributed by atoms with van der Waals surface area (Å²) in [4.78, 5) is 17.1. The minimum atomic E-state index is -0.228. The lowest BCUT2D eigenvalue weighted by Crippen LogP contribution is -2.33. The van der Waals surface area contributed by atoms with Gasteiger partial charge in [-0.2, -0.15) is 10.1 Å². The highest BCUT2D eigenvalue weighted by atomic mass is 16.5. The van der Waals surface area contributed by atoms with Crippen LogP contribution in [0.15, 0.2) is 41.9 Å². The van der Waals surface area contributed by atoms with Crippen LogP contribution >= 0.6 is 0 Å². The molecule has 0 radical (unpaired) electrons. The third kappa shape index (κ3) is 2.81. The molecule has 1 aliphatic carbocycles. The zero-order valence-electron chi connectivity index (χ0n) is 14.5. The molecule has 6 nitrogen and oxygen atoms in total. The van der Waals surface area contributed by atoms with Crippen molar-refractivity contribution < 1.29 is 9.53 Å². The molecule has 1 aromatic heterocycles. The van der Waals surface area contributed by atoms with Gasteiger partial charge >= 0.3 is 0 Å². The molecule has 2 atom stereocenters. The second-order valence-corrected chi connectivity index (χ2v) is 6.80. The highest BCUT2D eigenvalue weighted by molar-refractivity contribution is 5.99. The van der Waals surface area contributed by atoms with E-state index in [2.05, 4.69) is 29.2 Å². The summed E-state index contributed by atoms with van der Waals surface area (Å²) in [5, 5.41) is 7.66. The number of rotatable bonds is 4. The number of allylic oxidation sites excluding steroid dienone is 2. The van der Waals surface area contributed by atoms with Gasteiger partial charge in [-0.05, 0) is 36.5 Å². The molecule has 0 amide bonds. The van der Waals surface area contributed by atoms with Crippen molar-refractivity contribution in [2.45, 2.75) is 39.2 Å². The van der Waals surface area contributed by atoms with E-state index >= 15 is 0 Å². The maximum atomic E-state index is 12.8. The average molecular weight is 338 g/mol. The van der Waals surface area contributed by atoms with E-state index < -0.39 is 0 Å². The fourth-order valence-corrected chi connectivity index (χ4v) is 3.62. The molecule has 0 bridgehead atoms. The monoisotopic (exact) mass is 338 g/mol. The average Bonchev–Trinajstić information content (AvgIpc) is 3.06. The zero-order chi connectivity index (χ0) is 17.4. The van der Waals surface area contributed by atoms with Crippen LogP contribution in [0.4, 0.5) is 5.95 Å². The normalized spacial score (nSPS) is 22.2. The number of carbonyl (C=O) groups is 1. The second kappa shape index (κ2) is 6.35. The number of nitrogens with one attached hydrogen (secondary N) is 1. The lowest BCUT2D eigenvalue weighted by atomic mass is 9.81. The molecule has 0 spiro atoms. The van der Waals surface area contributed by atoms with Gasteiger partial charge in [0.2, 0.25) is 5.95 Å². The van der Waals surface area contributed by atoms with E-state index in [0.29, 0.717) is 24.9 Å². The fraction of sp³-hybridized carbons (Fsp3) is 0.421. The number of hydrogen-bond acceptors (Lipinski definition) is 5. The summed E-state index contributed by atoms with van der Waals surface area (Å²) in [5.74, 6) is 2.07. The number of hydrogen-bond donors (Lipinski definition) is 1. The molecule has 0 saturated heterocycles. The van der Waals surface area contributed by atoms with Crippen molar-refractivity contribution in [3.05, 3.63) is 47.4 Å². The highest BCUT2D eigenvalue weighted by Gasteiger charge is 2.37. The first kappa shape index (κ1) is 15.9. The van der Waals surface area contributed by atoms with Crippen molar-refractivity contribution in [3.8, 4) is 5.75 Å². The van der Waals surface area contributed by atoms with E-state index in [1.165, 1.54) is 6.33 Å². The van der Waals surface area contributed by atoms with E-state index in [4.69, 9.17) is 4.74 Å². The Balaban J connectivity index is 1.75. The maximum absolute atomic E-state index is 12.8. The number of ketones is 1. The molecule has 1 aromatic carbocycles. The Bertz CT molecular complexity index is 822. The van der Waals surface area contributed by atoms with Gasteiger partial charge in [0.25, 0.3) is 0 Å². The number of Topliss-reactive ketones (excluding diaryl/α,β-unsaturated/α-hetero) is 1. The number of carbonyl (C=O) groups excluding carboxylic acids is 1. The Kier molecular flexibility index (Phi) is 4.03. The summed E-state index contributed by atoms with van der Waals surface area (Å²) >= 11 is 0.